The van der Waals surface area contributed by atoms with E-state index >= 15 is 0 Å². The minimum absolute atomic E-state index is 0.0610. The van der Waals surface area contributed by atoms with Crippen LogP contribution in [0, 0.1) is 0 Å². The molecule has 96 valence electrons. The van der Waals surface area contributed by atoms with Gasteiger partial charge in [0.2, 0.25) is 10.0 Å². The number of hydrogen-bond acceptors (Lipinski definition) is 4. The molecule has 5 nitrogen and oxygen atoms in total. The zero-order valence-electron chi connectivity index (χ0n) is 9.34. The van der Waals surface area contributed by atoms with E-state index in [-0.39, 0.29) is 11.6 Å². The normalized spacial score (nSPS) is 11.4. The Morgan fingerprint density at radius 2 is 2.00 bits per heavy atom. The average Bonchev–Trinajstić information content (AvgIpc) is 2.82. The Labute approximate surface area is 110 Å². The molecule has 0 amide bonds. The number of aromatic nitrogens is 1. The molecule has 0 spiro atoms. The van der Waals surface area contributed by atoms with E-state index in [9.17, 15) is 8.42 Å². The Hall–Kier alpha value is -1.53. The van der Waals surface area contributed by atoms with Gasteiger partial charge in [0.15, 0.2) is 12.2 Å². The van der Waals surface area contributed by atoms with Gasteiger partial charge in [0.1, 0.15) is 0 Å². The highest BCUT2D eigenvalue weighted by Gasteiger charge is 2.09. The maximum atomic E-state index is 11.5. The van der Waals surface area contributed by atoms with E-state index in [1.807, 2.05) is 0 Å². The van der Waals surface area contributed by atoms with Crippen molar-refractivity contribution in [3.63, 3.8) is 0 Å². The van der Waals surface area contributed by atoms with E-state index < -0.39 is 10.0 Å². The number of hydrogen-bond donors (Lipinski definition) is 1. The number of nitrogens with one attached hydrogen (secondary N) is 1. The Morgan fingerprint density at radius 3 is 2.56 bits per heavy atom. The summed E-state index contributed by atoms with van der Waals surface area (Å²) >= 11 is 5.41. The van der Waals surface area contributed by atoms with Gasteiger partial charge in [-0.3, -0.25) is 4.72 Å². The summed E-state index contributed by atoms with van der Waals surface area (Å²) in [7, 11) is -3.37. The highest BCUT2D eigenvalue weighted by atomic mass is 35.5. The summed E-state index contributed by atoms with van der Waals surface area (Å²) in [4.78, 5) is 3.81. The summed E-state index contributed by atoms with van der Waals surface area (Å²) in [5, 5.41) is 0. The van der Waals surface area contributed by atoms with Crippen LogP contribution in [-0.2, 0) is 10.0 Å². The summed E-state index contributed by atoms with van der Waals surface area (Å²) in [6.45, 7) is 0. The van der Waals surface area contributed by atoms with Crippen LogP contribution in [0.4, 0.5) is 5.69 Å². The van der Waals surface area contributed by atoms with Gasteiger partial charge in [-0.05, 0) is 24.3 Å². The molecule has 0 bridgehead atoms. The van der Waals surface area contributed by atoms with Crippen LogP contribution in [0.15, 0.2) is 41.3 Å². The SMILES string of the molecule is O=S(=O)(CCCl)Nc1ccc(-c2cnco2)cc1. The zero-order chi connectivity index (χ0) is 13.0. The number of nitrogens with zero attached hydrogens (tertiary/aromatic N) is 1. The van der Waals surface area contributed by atoms with Crippen LogP contribution in [0.2, 0.25) is 0 Å². The lowest BCUT2D eigenvalue weighted by atomic mass is 10.2. The van der Waals surface area contributed by atoms with Crippen LogP contribution < -0.4 is 4.72 Å². The second-order valence-corrected chi connectivity index (χ2v) is 5.77. The van der Waals surface area contributed by atoms with E-state index in [1.54, 1.807) is 30.5 Å². The number of oxazole rings is 1. The summed E-state index contributed by atoms with van der Waals surface area (Å²) in [6.07, 6.45) is 2.93. The first-order chi connectivity index (χ1) is 8.61. The molecule has 18 heavy (non-hydrogen) atoms. The van der Waals surface area contributed by atoms with Crippen LogP contribution in [0.5, 0.6) is 0 Å². The first-order valence-electron chi connectivity index (χ1n) is 5.16. The molecule has 7 heteroatoms. The van der Waals surface area contributed by atoms with Gasteiger partial charge < -0.3 is 4.42 Å². The molecule has 0 aliphatic rings. The predicted octanol–water partition coefficient (Wildman–Crippen LogP) is 2.32. The van der Waals surface area contributed by atoms with Crippen molar-refractivity contribution in [3.05, 3.63) is 36.9 Å². The summed E-state index contributed by atoms with van der Waals surface area (Å²) < 4.78 is 30.5. The largest absolute Gasteiger partial charge is 0.444 e. The molecule has 0 aliphatic heterocycles. The molecule has 1 aromatic carbocycles. The van der Waals surface area contributed by atoms with Crippen molar-refractivity contribution in [2.75, 3.05) is 16.4 Å². The van der Waals surface area contributed by atoms with Crippen molar-refractivity contribution in [3.8, 4) is 11.3 Å². The van der Waals surface area contributed by atoms with Gasteiger partial charge in [-0.1, -0.05) is 0 Å². The molecule has 1 N–H and O–H groups in total. The van der Waals surface area contributed by atoms with E-state index in [0.717, 1.165) is 5.56 Å². The predicted molar refractivity (Wildman–Crippen MR) is 70.1 cm³/mol. The van der Waals surface area contributed by atoms with Crippen molar-refractivity contribution in [2.24, 2.45) is 0 Å². The van der Waals surface area contributed by atoms with Crippen molar-refractivity contribution in [1.82, 2.24) is 4.98 Å². The number of halogens is 1. The Morgan fingerprint density at radius 1 is 1.28 bits per heavy atom. The quantitative estimate of drug-likeness (QED) is 0.856. The molecule has 0 saturated carbocycles. The molecule has 0 saturated heterocycles. The first kappa shape index (κ1) is 12.9. The average molecular weight is 287 g/mol. The van der Waals surface area contributed by atoms with Crippen LogP contribution in [0.3, 0.4) is 0 Å². The summed E-state index contributed by atoms with van der Waals surface area (Å²) in [6, 6.07) is 6.81. The van der Waals surface area contributed by atoms with Crippen LogP contribution in [-0.4, -0.2) is 25.0 Å². The minimum atomic E-state index is -3.37. The molecule has 1 aromatic heterocycles. The van der Waals surface area contributed by atoms with E-state index in [1.165, 1.54) is 6.39 Å². The van der Waals surface area contributed by atoms with Gasteiger partial charge in [0, 0.05) is 17.1 Å². The van der Waals surface area contributed by atoms with Gasteiger partial charge in [0.05, 0.1) is 11.9 Å². The smallest absolute Gasteiger partial charge is 0.233 e. The van der Waals surface area contributed by atoms with Gasteiger partial charge in [0.25, 0.3) is 0 Å². The summed E-state index contributed by atoms with van der Waals surface area (Å²) in [5.74, 6) is 0.578. The lowest BCUT2D eigenvalue weighted by molar-refractivity contribution is 0.572. The fraction of sp³-hybridized carbons (Fsp3) is 0.182. The molecular formula is C11H11ClN2O3S. The molecule has 2 rings (SSSR count). The van der Waals surface area contributed by atoms with Gasteiger partial charge in [-0.2, -0.15) is 0 Å². The lowest BCUT2D eigenvalue weighted by Crippen LogP contribution is -2.17. The van der Waals surface area contributed by atoms with Crippen molar-refractivity contribution in [2.45, 2.75) is 0 Å². The minimum Gasteiger partial charge on any atom is -0.444 e. The third-order valence-corrected chi connectivity index (χ3v) is 3.92. The van der Waals surface area contributed by atoms with E-state index in [4.69, 9.17) is 16.0 Å². The molecule has 0 unspecified atom stereocenters. The molecule has 0 atom stereocenters. The third kappa shape index (κ3) is 3.24. The molecule has 0 fully saturated rings. The number of anilines is 1. The second kappa shape index (κ2) is 5.41. The molecule has 1 heterocycles. The zero-order valence-corrected chi connectivity index (χ0v) is 10.9. The van der Waals surface area contributed by atoms with Gasteiger partial charge in [-0.25, -0.2) is 13.4 Å². The van der Waals surface area contributed by atoms with E-state index in [2.05, 4.69) is 9.71 Å². The first-order valence-corrected chi connectivity index (χ1v) is 7.35. The van der Waals surface area contributed by atoms with Crippen molar-refractivity contribution in [1.29, 1.82) is 0 Å². The standard InChI is InChI=1S/C11H11ClN2O3S/c12-5-6-18(15,16)14-10-3-1-9(2-4-10)11-7-13-8-17-11/h1-4,7-8,14H,5-6H2. The third-order valence-electron chi connectivity index (χ3n) is 2.22. The Bertz CT molecular complexity index is 594. The van der Waals surface area contributed by atoms with Crippen LogP contribution >= 0.6 is 11.6 Å². The highest BCUT2D eigenvalue weighted by molar-refractivity contribution is 7.92. The lowest BCUT2D eigenvalue weighted by Gasteiger charge is -2.06. The number of benzene rings is 1. The molecular weight excluding hydrogens is 276 g/mol. The van der Waals surface area contributed by atoms with Crippen molar-refractivity contribution >= 4 is 27.3 Å². The fourth-order valence-corrected chi connectivity index (χ4v) is 2.80. The molecule has 2 aromatic rings. The Kier molecular flexibility index (Phi) is 3.88. The Balaban J connectivity index is 2.14. The van der Waals surface area contributed by atoms with Crippen LogP contribution in [0.1, 0.15) is 0 Å². The topological polar surface area (TPSA) is 72.2 Å². The van der Waals surface area contributed by atoms with Gasteiger partial charge in [-0.15, -0.1) is 11.6 Å². The van der Waals surface area contributed by atoms with Crippen molar-refractivity contribution < 1.29 is 12.8 Å². The van der Waals surface area contributed by atoms with Gasteiger partial charge >= 0.3 is 0 Å². The van der Waals surface area contributed by atoms with E-state index in [0.29, 0.717) is 11.4 Å². The van der Waals surface area contributed by atoms with Crippen LogP contribution in [0.25, 0.3) is 11.3 Å². The second-order valence-electron chi connectivity index (χ2n) is 3.55. The fourth-order valence-electron chi connectivity index (χ4n) is 1.39. The molecule has 0 radical (unpaired) electrons. The molecule has 0 aliphatic carbocycles. The maximum Gasteiger partial charge on any atom is 0.233 e. The monoisotopic (exact) mass is 286 g/mol. The summed E-state index contributed by atoms with van der Waals surface area (Å²) in [5.41, 5.74) is 1.32. The highest BCUT2D eigenvalue weighted by Crippen LogP contribution is 2.21. The maximum absolute atomic E-state index is 11.5. The number of rotatable bonds is 5. The number of alkyl halides is 1. The number of sulfonamides is 1.